The molecule has 37 heavy (non-hydrogen) atoms. The number of aromatic nitrogens is 1. The second-order valence-corrected chi connectivity index (χ2v) is 8.90. The van der Waals surface area contributed by atoms with E-state index < -0.39 is 5.91 Å². The van der Waals surface area contributed by atoms with Crippen molar-refractivity contribution in [3.8, 4) is 11.5 Å². The van der Waals surface area contributed by atoms with Crippen LogP contribution < -0.4 is 15.2 Å². The Bertz CT molecular complexity index is 1210. The summed E-state index contributed by atoms with van der Waals surface area (Å²) in [6.45, 7) is 2.97. The molecule has 190 valence electrons. The monoisotopic (exact) mass is 495 g/mol. The van der Waals surface area contributed by atoms with Gasteiger partial charge in [-0.1, -0.05) is 60.7 Å². The summed E-state index contributed by atoms with van der Waals surface area (Å²) >= 11 is 0. The van der Waals surface area contributed by atoms with Gasteiger partial charge in [-0.25, -0.2) is 0 Å². The molecule has 0 unspecified atom stereocenters. The zero-order valence-corrected chi connectivity index (χ0v) is 21.1. The number of nitrogens with two attached hydrogens (primary N) is 1. The molecule has 2 N–H and O–H groups in total. The lowest BCUT2D eigenvalue weighted by Crippen LogP contribution is -2.30. The van der Waals surface area contributed by atoms with E-state index in [9.17, 15) is 4.79 Å². The Balaban J connectivity index is 1.48. The molecule has 6 nitrogen and oxygen atoms in total. The van der Waals surface area contributed by atoms with Crippen LogP contribution in [0.5, 0.6) is 11.5 Å². The second kappa shape index (κ2) is 13.2. The first-order valence-electron chi connectivity index (χ1n) is 12.5. The maximum atomic E-state index is 11.6. The Kier molecular flexibility index (Phi) is 9.27. The lowest BCUT2D eigenvalue weighted by molar-refractivity contribution is 0.0999. The van der Waals surface area contributed by atoms with Crippen molar-refractivity contribution in [2.45, 2.75) is 18.9 Å². The first kappa shape index (κ1) is 25.9. The van der Waals surface area contributed by atoms with Gasteiger partial charge in [0.15, 0.2) is 11.5 Å². The van der Waals surface area contributed by atoms with Gasteiger partial charge < -0.3 is 15.2 Å². The van der Waals surface area contributed by atoms with Gasteiger partial charge in [0, 0.05) is 43.5 Å². The summed E-state index contributed by atoms with van der Waals surface area (Å²) in [7, 11) is 1.58. The van der Waals surface area contributed by atoms with Gasteiger partial charge >= 0.3 is 0 Å². The molecule has 0 saturated heterocycles. The van der Waals surface area contributed by atoms with E-state index in [-0.39, 0.29) is 5.92 Å². The van der Waals surface area contributed by atoms with E-state index in [1.807, 2.05) is 12.4 Å². The van der Waals surface area contributed by atoms with Crippen molar-refractivity contribution >= 4 is 5.91 Å². The number of methoxy groups -OCH3 is 1. The van der Waals surface area contributed by atoms with Crippen LogP contribution in [0.4, 0.5) is 0 Å². The molecule has 4 aromatic rings. The standard InChI is InChI=1S/C31H33N3O3/c1-36-29-14-13-27(31(32)35)21-30(29)37-20-8-19-34(22-24-15-17-33-18-16-24)23-28(25-9-4-2-5-10-25)26-11-6-3-7-12-26/h2-7,9-18,21,28H,8,19-20,22-23H2,1H3,(H2,32,35). The topological polar surface area (TPSA) is 77.7 Å². The van der Waals surface area contributed by atoms with Crippen LogP contribution >= 0.6 is 0 Å². The third-order valence-corrected chi connectivity index (χ3v) is 6.32. The van der Waals surface area contributed by atoms with Crippen molar-refractivity contribution in [2.24, 2.45) is 5.73 Å². The van der Waals surface area contributed by atoms with Gasteiger partial charge in [0.05, 0.1) is 13.7 Å². The van der Waals surface area contributed by atoms with E-state index >= 15 is 0 Å². The summed E-state index contributed by atoms with van der Waals surface area (Å²) in [5.74, 6) is 0.833. The number of rotatable bonds is 13. The predicted molar refractivity (Wildman–Crippen MR) is 146 cm³/mol. The van der Waals surface area contributed by atoms with Gasteiger partial charge in [-0.15, -0.1) is 0 Å². The number of amides is 1. The third kappa shape index (κ3) is 7.41. The van der Waals surface area contributed by atoms with Crippen molar-refractivity contribution in [3.63, 3.8) is 0 Å². The Morgan fingerprint density at radius 1 is 0.892 bits per heavy atom. The summed E-state index contributed by atoms with van der Waals surface area (Å²) in [6, 6.07) is 30.4. The molecule has 4 rings (SSSR count). The maximum absolute atomic E-state index is 11.6. The lowest BCUT2D eigenvalue weighted by atomic mass is 9.90. The highest BCUT2D eigenvalue weighted by atomic mass is 16.5. The Morgan fingerprint density at radius 3 is 2.14 bits per heavy atom. The Hall–Kier alpha value is -4.16. The fraction of sp³-hybridized carbons (Fsp3) is 0.226. The SMILES string of the molecule is COc1ccc(C(N)=O)cc1OCCCN(Cc1ccncc1)CC(c1ccccc1)c1ccccc1. The van der Waals surface area contributed by atoms with E-state index in [0.29, 0.717) is 23.7 Å². The second-order valence-electron chi connectivity index (χ2n) is 8.90. The van der Waals surface area contributed by atoms with Gasteiger partial charge in [0.1, 0.15) is 0 Å². The van der Waals surface area contributed by atoms with E-state index in [1.54, 1.807) is 25.3 Å². The van der Waals surface area contributed by atoms with Crippen LogP contribution in [-0.2, 0) is 6.54 Å². The molecular weight excluding hydrogens is 462 g/mol. The number of benzene rings is 3. The van der Waals surface area contributed by atoms with Gasteiger partial charge in [0.2, 0.25) is 5.91 Å². The molecular formula is C31H33N3O3. The molecule has 1 aromatic heterocycles. The minimum atomic E-state index is -0.496. The molecule has 0 radical (unpaired) electrons. The van der Waals surface area contributed by atoms with E-state index in [2.05, 4.69) is 82.7 Å². The predicted octanol–water partition coefficient (Wildman–Crippen LogP) is 5.29. The number of pyridine rings is 1. The van der Waals surface area contributed by atoms with E-state index in [0.717, 1.165) is 26.1 Å². The van der Waals surface area contributed by atoms with Crippen molar-refractivity contribution < 1.29 is 14.3 Å². The van der Waals surface area contributed by atoms with Crippen LogP contribution in [0.25, 0.3) is 0 Å². The summed E-state index contributed by atoms with van der Waals surface area (Å²) in [5.41, 5.74) is 9.62. The first-order chi connectivity index (χ1) is 18.1. The molecule has 0 spiro atoms. The van der Waals surface area contributed by atoms with E-state index in [4.69, 9.17) is 15.2 Å². The number of carbonyl (C=O) groups excluding carboxylic acids is 1. The fourth-order valence-corrected chi connectivity index (χ4v) is 4.43. The third-order valence-electron chi connectivity index (χ3n) is 6.32. The number of hydrogen-bond donors (Lipinski definition) is 1. The van der Waals surface area contributed by atoms with Crippen molar-refractivity contribution in [1.29, 1.82) is 0 Å². The average Bonchev–Trinajstić information content (AvgIpc) is 2.95. The highest BCUT2D eigenvalue weighted by Crippen LogP contribution is 2.29. The summed E-state index contributed by atoms with van der Waals surface area (Å²) in [6.07, 6.45) is 4.46. The van der Waals surface area contributed by atoms with Crippen LogP contribution in [0, 0.1) is 0 Å². The van der Waals surface area contributed by atoms with Gasteiger partial charge in [-0.2, -0.15) is 0 Å². The Labute approximate surface area is 218 Å². The van der Waals surface area contributed by atoms with E-state index in [1.165, 1.54) is 16.7 Å². The van der Waals surface area contributed by atoms with Crippen molar-refractivity contribution in [3.05, 3.63) is 126 Å². The molecule has 3 aromatic carbocycles. The lowest BCUT2D eigenvalue weighted by Gasteiger charge is -2.28. The van der Waals surface area contributed by atoms with Gasteiger partial charge in [0.25, 0.3) is 0 Å². The van der Waals surface area contributed by atoms with Crippen LogP contribution in [0.2, 0.25) is 0 Å². The zero-order chi connectivity index (χ0) is 25.9. The zero-order valence-electron chi connectivity index (χ0n) is 21.1. The smallest absolute Gasteiger partial charge is 0.248 e. The van der Waals surface area contributed by atoms with Gasteiger partial charge in [-0.05, 0) is 53.4 Å². The Morgan fingerprint density at radius 2 is 1.54 bits per heavy atom. The highest BCUT2D eigenvalue weighted by molar-refractivity contribution is 5.93. The number of ether oxygens (including phenoxy) is 2. The number of carbonyl (C=O) groups is 1. The molecule has 0 aliphatic rings. The quantitative estimate of drug-likeness (QED) is 0.255. The molecule has 0 aliphatic heterocycles. The number of nitrogens with zero attached hydrogens (tertiary/aromatic N) is 2. The van der Waals surface area contributed by atoms with Crippen molar-refractivity contribution in [2.75, 3.05) is 26.8 Å². The molecule has 0 bridgehead atoms. The number of hydrogen-bond acceptors (Lipinski definition) is 5. The molecule has 0 atom stereocenters. The minimum absolute atomic E-state index is 0.234. The summed E-state index contributed by atoms with van der Waals surface area (Å²) in [5, 5.41) is 0. The maximum Gasteiger partial charge on any atom is 0.248 e. The molecule has 0 fully saturated rings. The molecule has 0 aliphatic carbocycles. The van der Waals surface area contributed by atoms with Crippen LogP contribution in [0.3, 0.4) is 0 Å². The molecule has 0 saturated carbocycles. The van der Waals surface area contributed by atoms with Crippen LogP contribution in [0.15, 0.2) is 103 Å². The normalized spacial score (nSPS) is 11.0. The van der Waals surface area contributed by atoms with Crippen LogP contribution in [-0.4, -0.2) is 42.6 Å². The average molecular weight is 496 g/mol. The largest absolute Gasteiger partial charge is 0.493 e. The molecule has 6 heteroatoms. The molecule has 1 heterocycles. The summed E-state index contributed by atoms with van der Waals surface area (Å²) in [4.78, 5) is 18.2. The number of primary amides is 1. The van der Waals surface area contributed by atoms with Crippen molar-refractivity contribution in [1.82, 2.24) is 9.88 Å². The fourth-order valence-electron chi connectivity index (χ4n) is 4.43. The minimum Gasteiger partial charge on any atom is -0.493 e. The first-order valence-corrected chi connectivity index (χ1v) is 12.5. The molecule has 1 amide bonds. The van der Waals surface area contributed by atoms with Crippen LogP contribution in [0.1, 0.15) is 39.4 Å². The summed E-state index contributed by atoms with van der Waals surface area (Å²) < 4.78 is 11.4. The highest BCUT2D eigenvalue weighted by Gasteiger charge is 2.19. The van der Waals surface area contributed by atoms with Gasteiger partial charge in [-0.3, -0.25) is 14.7 Å².